The Morgan fingerprint density at radius 3 is 2.62 bits per heavy atom. The number of hydrogen-bond donors (Lipinski definition) is 1. The molecule has 0 heterocycles. The van der Waals surface area contributed by atoms with Gasteiger partial charge >= 0.3 is 0 Å². The molecule has 1 aromatic rings. The van der Waals surface area contributed by atoms with Crippen molar-refractivity contribution < 1.29 is 4.79 Å². The SMILES string of the molecule is Cc1ccccc1SC(C)C(=O)NC1(C#N)CCCCC1. The third-order valence-electron chi connectivity index (χ3n) is 4.05. The molecule has 2 rings (SSSR count). The summed E-state index contributed by atoms with van der Waals surface area (Å²) in [5, 5.41) is 12.2. The lowest BCUT2D eigenvalue weighted by Crippen LogP contribution is -2.50. The van der Waals surface area contributed by atoms with E-state index in [1.165, 1.54) is 5.56 Å². The Labute approximate surface area is 131 Å². The number of nitriles is 1. The number of hydrogen-bond acceptors (Lipinski definition) is 3. The van der Waals surface area contributed by atoms with Gasteiger partial charge < -0.3 is 5.32 Å². The van der Waals surface area contributed by atoms with E-state index in [1.54, 1.807) is 11.8 Å². The predicted octanol–water partition coefficient (Wildman–Crippen LogP) is 3.82. The van der Waals surface area contributed by atoms with E-state index in [0.29, 0.717) is 0 Å². The molecule has 1 aromatic carbocycles. The Morgan fingerprint density at radius 2 is 2.00 bits per heavy atom. The van der Waals surface area contributed by atoms with E-state index in [1.807, 2.05) is 38.1 Å². The van der Waals surface area contributed by atoms with Crippen molar-refractivity contribution in [3.63, 3.8) is 0 Å². The lowest BCUT2D eigenvalue weighted by Gasteiger charge is -2.32. The second kappa shape index (κ2) is 7.00. The number of nitrogens with one attached hydrogen (secondary N) is 1. The first-order valence-electron chi connectivity index (χ1n) is 7.52. The van der Waals surface area contributed by atoms with Crippen molar-refractivity contribution in [1.29, 1.82) is 5.26 Å². The minimum Gasteiger partial charge on any atom is -0.337 e. The minimum atomic E-state index is -0.643. The lowest BCUT2D eigenvalue weighted by molar-refractivity contribution is -0.121. The van der Waals surface area contributed by atoms with Gasteiger partial charge in [0.15, 0.2) is 0 Å². The molecule has 1 N–H and O–H groups in total. The summed E-state index contributed by atoms with van der Waals surface area (Å²) in [4.78, 5) is 13.5. The van der Waals surface area contributed by atoms with Crippen LogP contribution in [0.1, 0.15) is 44.6 Å². The van der Waals surface area contributed by atoms with Gasteiger partial charge in [0, 0.05) is 4.90 Å². The molecule has 1 aliphatic carbocycles. The maximum Gasteiger partial charge on any atom is 0.234 e. The first kappa shape index (κ1) is 15.9. The second-order valence-corrected chi connectivity index (χ2v) is 7.15. The van der Waals surface area contributed by atoms with Crippen LogP contribution in [0, 0.1) is 18.3 Å². The normalized spacial score (nSPS) is 18.5. The molecule has 0 spiro atoms. The van der Waals surface area contributed by atoms with Crippen molar-refractivity contribution >= 4 is 17.7 Å². The summed E-state index contributed by atoms with van der Waals surface area (Å²) < 4.78 is 0. The molecule has 1 unspecified atom stereocenters. The molecular weight excluding hydrogens is 280 g/mol. The van der Waals surface area contributed by atoms with Gasteiger partial charge in [0.2, 0.25) is 5.91 Å². The molecule has 21 heavy (non-hydrogen) atoms. The van der Waals surface area contributed by atoms with Crippen LogP contribution in [0.15, 0.2) is 29.2 Å². The summed E-state index contributed by atoms with van der Waals surface area (Å²) >= 11 is 1.55. The molecule has 1 saturated carbocycles. The van der Waals surface area contributed by atoms with E-state index < -0.39 is 5.54 Å². The Bertz CT molecular complexity index is 544. The predicted molar refractivity (Wildman–Crippen MR) is 86.1 cm³/mol. The summed E-state index contributed by atoms with van der Waals surface area (Å²) in [5.41, 5.74) is 0.533. The van der Waals surface area contributed by atoms with E-state index in [-0.39, 0.29) is 11.2 Å². The molecule has 0 saturated heterocycles. The number of aryl methyl sites for hydroxylation is 1. The smallest absolute Gasteiger partial charge is 0.234 e. The van der Waals surface area contributed by atoms with Crippen molar-refractivity contribution in [2.75, 3.05) is 0 Å². The maximum atomic E-state index is 12.4. The molecule has 1 aliphatic rings. The third-order valence-corrected chi connectivity index (χ3v) is 5.33. The van der Waals surface area contributed by atoms with E-state index >= 15 is 0 Å². The van der Waals surface area contributed by atoms with Gasteiger partial charge in [-0.25, -0.2) is 0 Å². The van der Waals surface area contributed by atoms with Crippen LogP contribution >= 0.6 is 11.8 Å². The summed E-state index contributed by atoms with van der Waals surface area (Å²) in [6.07, 6.45) is 4.75. The number of carbonyl (C=O) groups excluding carboxylic acids is 1. The molecular formula is C17H22N2OS. The molecule has 0 bridgehead atoms. The Kier molecular flexibility index (Phi) is 5.30. The van der Waals surface area contributed by atoms with Gasteiger partial charge in [-0.15, -0.1) is 11.8 Å². The second-order valence-electron chi connectivity index (χ2n) is 5.77. The van der Waals surface area contributed by atoms with Crippen LogP contribution in [0.5, 0.6) is 0 Å². The van der Waals surface area contributed by atoms with Gasteiger partial charge in [0.25, 0.3) is 0 Å². The van der Waals surface area contributed by atoms with E-state index in [0.717, 1.165) is 37.0 Å². The van der Waals surface area contributed by atoms with Crippen molar-refractivity contribution in [2.45, 2.75) is 61.6 Å². The first-order valence-corrected chi connectivity index (χ1v) is 8.40. The largest absolute Gasteiger partial charge is 0.337 e. The Balaban J connectivity index is 1.99. The zero-order valence-electron chi connectivity index (χ0n) is 12.7. The summed E-state index contributed by atoms with van der Waals surface area (Å²) in [6, 6.07) is 10.4. The molecule has 1 amide bonds. The summed E-state index contributed by atoms with van der Waals surface area (Å²) in [7, 11) is 0. The average Bonchev–Trinajstić information content (AvgIpc) is 2.50. The quantitative estimate of drug-likeness (QED) is 0.860. The van der Waals surface area contributed by atoms with Crippen LogP contribution in [-0.4, -0.2) is 16.7 Å². The zero-order chi connectivity index (χ0) is 15.3. The molecule has 1 fully saturated rings. The Hall–Kier alpha value is -1.47. The average molecular weight is 302 g/mol. The highest BCUT2D eigenvalue weighted by Gasteiger charge is 2.34. The van der Waals surface area contributed by atoms with E-state index in [2.05, 4.69) is 11.4 Å². The third kappa shape index (κ3) is 4.01. The van der Waals surface area contributed by atoms with Crippen LogP contribution in [0.4, 0.5) is 0 Å². The standard InChI is InChI=1S/C17H22N2OS/c1-13-8-4-5-9-15(13)21-14(2)16(20)19-17(12-18)10-6-3-7-11-17/h4-5,8-9,14H,3,6-7,10-11H2,1-2H3,(H,19,20). The highest BCUT2D eigenvalue weighted by Crippen LogP contribution is 2.30. The molecule has 112 valence electrons. The van der Waals surface area contributed by atoms with Crippen LogP contribution in [0.3, 0.4) is 0 Å². The van der Waals surface area contributed by atoms with Crippen LogP contribution in [0.25, 0.3) is 0 Å². The first-order chi connectivity index (χ1) is 10.1. The molecule has 0 aromatic heterocycles. The number of carbonyl (C=O) groups is 1. The number of nitrogens with zero attached hydrogens (tertiary/aromatic N) is 1. The van der Waals surface area contributed by atoms with Crippen LogP contribution in [0.2, 0.25) is 0 Å². The van der Waals surface area contributed by atoms with Crippen molar-refractivity contribution in [1.82, 2.24) is 5.32 Å². The fourth-order valence-corrected chi connectivity index (χ4v) is 3.65. The van der Waals surface area contributed by atoms with Crippen molar-refractivity contribution in [3.8, 4) is 6.07 Å². The highest BCUT2D eigenvalue weighted by atomic mass is 32.2. The number of amides is 1. The summed E-state index contributed by atoms with van der Waals surface area (Å²) in [5.74, 6) is -0.0355. The van der Waals surface area contributed by atoms with Gasteiger partial charge in [-0.2, -0.15) is 5.26 Å². The van der Waals surface area contributed by atoms with Gasteiger partial charge in [-0.1, -0.05) is 37.5 Å². The van der Waals surface area contributed by atoms with Crippen molar-refractivity contribution in [3.05, 3.63) is 29.8 Å². The monoisotopic (exact) mass is 302 g/mol. The topological polar surface area (TPSA) is 52.9 Å². The lowest BCUT2D eigenvalue weighted by atomic mass is 9.83. The Morgan fingerprint density at radius 1 is 1.33 bits per heavy atom. The van der Waals surface area contributed by atoms with Gasteiger partial charge in [-0.3, -0.25) is 4.79 Å². The molecule has 4 heteroatoms. The van der Waals surface area contributed by atoms with E-state index in [9.17, 15) is 10.1 Å². The molecule has 0 aliphatic heterocycles. The number of benzene rings is 1. The van der Waals surface area contributed by atoms with Gasteiger partial charge in [-0.05, 0) is 38.3 Å². The van der Waals surface area contributed by atoms with Crippen LogP contribution in [-0.2, 0) is 4.79 Å². The number of rotatable bonds is 4. The zero-order valence-corrected chi connectivity index (χ0v) is 13.5. The highest BCUT2D eigenvalue weighted by molar-refractivity contribution is 8.00. The van der Waals surface area contributed by atoms with Crippen LogP contribution < -0.4 is 5.32 Å². The number of thioether (sulfide) groups is 1. The van der Waals surface area contributed by atoms with Gasteiger partial charge in [0.05, 0.1) is 11.3 Å². The van der Waals surface area contributed by atoms with Crippen molar-refractivity contribution in [2.24, 2.45) is 0 Å². The minimum absolute atomic E-state index is 0.0355. The molecule has 0 radical (unpaired) electrons. The molecule has 1 atom stereocenters. The van der Waals surface area contributed by atoms with E-state index in [4.69, 9.17) is 0 Å². The molecule has 3 nitrogen and oxygen atoms in total. The van der Waals surface area contributed by atoms with Gasteiger partial charge in [0.1, 0.15) is 5.54 Å². The fraction of sp³-hybridized carbons (Fsp3) is 0.529. The fourth-order valence-electron chi connectivity index (χ4n) is 2.69. The summed E-state index contributed by atoms with van der Waals surface area (Å²) in [6.45, 7) is 3.95. The maximum absolute atomic E-state index is 12.4.